The highest BCUT2D eigenvalue weighted by Crippen LogP contribution is 2.49. The zero-order valence-corrected chi connectivity index (χ0v) is 34.9. The Morgan fingerprint density at radius 2 is 1.93 bits per heavy atom. The number of pyridine rings is 1. The molecular weight excluding hydrogens is 792 g/mol. The van der Waals surface area contributed by atoms with Gasteiger partial charge in [-0.25, -0.2) is 28.9 Å². The fourth-order valence-corrected chi connectivity index (χ4v) is 9.44. The lowest BCUT2D eigenvalue weighted by Gasteiger charge is -2.41. The van der Waals surface area contributed by atoms with Crippen LogP contribution in [0.25, 0.3) is 15.7 Å². The molecule has 3 aliphatic rings. The Labute approximate surface area is 349 Å². The molecule has 3 N–H and O–H groups in total. The third-order valence-electron chi connectivity index (χ3n) is 10.8. The van der Waals surface area contributed by atoms with Crippen molar-refractivity contribution < 1.29 is 37.3 Å². The normalized spacial score (nSPS) is 19.3. The molecule has 1 fully saturated rings. The fraction of sp³-hybridized carbons (Fsp3) is 0.386. The molecule has 1 aliphatic carbocycles. The van der Waals surface area contributed by atoms with E-state index in [1.165, 1.54) is 29.0 Å². The molecule has 0 saturated carbocycles. The van der Waals surface area contributed by atoms with Crippen LogP contribution in [0, 0.1) is 5.82 Å². The molecule has 1 unspecified atom stereocenters. The maximum atomic E-state index is 14.6. The molecule has 314 valence electrons. The van der Waals surface area contributed by atoms with Crippen molar-refractivity contribution in [1.29, 1.82) is 0 Å². The van der Waals surface area contributed by atoms with Crippen LogP contribution in [0.15, 0.2) is 87.0 Å². The first-order valence-electron chi connectivity index (χ1n) is 20.0. The van der Waals surface area contributed by atoms with Crippen LogP contribution in [-0.2, 0) is 31.8 Å². The number of anilines is 1. The Morgan fingerprint density at radius 1 is 1.12 bits per heavy atom. The minimum Gasteiger partial charge on any atom is -0.496 e. The minimum absolute atomic E-state index is 0.0174. The van der Waals surface area contributed by atoms with Gasteiger partial charge in [-0.3, -0.25) is 4.90 Å². The topological polar surface area (TPSA) is 170 Å². The second-order valence-electron chi connectivity index (χ2n) is 15.8. The van der Waals surface area contributed by atoms with Crippen molar-refractivity contribution >= 4 is 44.9 Å². The van der Waals surface area contributed by atoms with Gasteiger partial charge >= 0.3 is 17.8 Å². The maximum Gasteiger partial charge on any atom is 0.434 e. The Kier molecular flexibility index (Phi) is 11.5. The quantitative estimate of drug-likeness (QED) is 0.113. The molecule has 5 aromatic rings. The van der Waals surface area contributed by atoms with E-state index in [1.54, 1.807) is 58.0 Å². The number of aromatic nitrogens is 3. The molecular formula is C44H47FN6O8S. The van der Waals surface area contributed by atoms with E-state index in [-0.39, 0.29) is 49.7 Å². The molecule has 1 saturated heterocycles. The Morgan fingerprint density at radius 3 is 2.67 bits per heavy atom. The predicted octanol–water partition coefficient (Wildman–Crippen LogP) is 7.40. The van der Waals surface area contributed by atoms with Crippen LogP contribution in [0.2, 0.25) is 0 Å². The summed E-state index contributed by atoms with van der Waals surface area (Å²) in [5.41, 5.74) is 3.93. The Balaban J connectivity index is 1.31. The number of aromatic amines is 1. The molecule has 5 heterocycles. The number of amides is 1. The van der Waals surface area contributed by atoms with Gasteiger partial charge in [-0.2, -0.15) is 0 Å². The number of esters is 1. The molecule has 16 heteroatoms. The third kappa shape index (κ3) is 8.26. The number of dihydropyridines is 1. The number of thiophene rings is 1. The Hall–Kier alpha value is -6.00. The number of nitrogens with zero attached hydrogens (tertiary/aromatic N) is 3. The van der Waals surface area contributed by atoms with Crippen LogP contribution in [0.3, 0.4) is 0 Å². The molecule has 1 amide bonds. The first kappa shape index (κ1) is 40.8. The van der Waals surface area contributed by atoms with Crippen molar-refractivity contribution in [3.8, 4) is 5.75 Å². The number of hydrogen-bond donors (Lipinski definition) is 3. The summed E-state index contributed by atoms with van der Waals surface area (Å²) in [5, 5.41) is 14.8. The third-order valence-corrected chi connectivity index (χ3v) is 12.0. The van der Waals surface area contributed by atoms with Gasteiger partial charge in [-0.1, -0.05) is 24.3 Å². The van der Waals surface area contributed by atoms with Gasteiger partial charge in [0.05, 0.1) is 60.9 Å². The van der Waals surface area contributed by atoms with Crippen molar-refractivity contribution in [2.45, 2.75) is 77.0 Å². The van der Waals surface area contributed by atoms with Crippen LogP contribution >= 0.6 is 11.3 Å². The van der Waals surface area contributed by atoms with Crippen LogP contribution in [-0.4, -0.2) is 77.3 Å². The zero-order valence-electron chi connectivity index (χ0n) is 34.1. The number of carbonyl (C=O) groups excluding carboxylic acids is 2. The number of carbonyl (C=O) groups is 2. The zero-order chi connectivity index (χ0) is 42.1. The van der Waals surface area contributed by atoms with Crippen molar-refractivity contribution in [1.82, 2.24) is 25.4 Å². The van der Waals surface area contributed by atoms with E-state index in [4.69, 9.17) is 28.3 Å². The van der Waals surface area contributed by atoms with E-state index in [9.17, 15) is 18.8 Å². The fourth-order valence-electron chi connectivity index (χ4n) is 8.21. The molecule has 8 rings (SSSR count). The van der Waals surface area contributed by atoms with E-state index in [2.05, 4.69) is 26.9 Å². The first-order chi connectivity index (χ1) is 28.9. The van der Waals surface area contributed by atoms with Crippen molar-refractivity contribution in [2.24, 2.45) is 0 Å². The summed E-state index contributed by atoms with van der Waals surface area (Å²) in [4.78, 5) is 48.3. The second kappa shape index (κ2) is 16.9. The van der Waals surface area contributed by atoms with Gasteiger partial charge in [0.15, 0.2) is 0 Å². The maximum absolute atomic E-state index is 14.6. The number of ether oxygens (including phenoxy) is 4. The summed E-state index contributed by atoms with van der Waals surface area (Å²) >= 11 is 1.44. The van der Waals surface area contributed by atoms with E-state index < -0.39 is 35.4 Å². The van der Waals surface area contributed by atoms with Gasteiger partial charge < -0.3 is 34.0 Å². The monoisotopic (exact) mass is 838 g/mol. The highest BCUT2D eigenvalue weighted by Gasteiger charge is 2.45. The molecule has 0 bridgehead atoms. The van der Waals surface area contributed by atoms with E-state index >= 15 is 0 Å². The highest BCUT2D eigenvalue weighted by molar-refractivity contribution is 7.19. The molecule has 0 radical (unpaired) electrons. The van der Waals surface area contributed by atoms with Gasteiger partial charge in [0.1, 0.15) is 23.0 Å². The Bertz CT molecular complexity index is 2540. The summed E-state index contributed by atoms with van der Waals surface area (Å²) in [6.45, 7) is 7.66. The number of allylic oxidation sites excluding steroid dienone is 2. The summed E-state index contributed by atoms with van der Waals surface area (Å²) in [6, 6.07) is 15.4. The molecule has 3 atom stereocenters. The number of H-pyrrole nitrogens is 1. The molecule has 0 spiro atoms. The molecule has 60 heavy (non-hydrogen) atoms. The number of rotatable bonds is 11. The number of halogens is 1. The van der Waals surface area contributed by atoms with Gasteiger partial charge in [-0.05, 0) is 106 Å². The number of morpholine rings is 1. The summed E-state index contributed by atoms with van der Waals surface area (Å²) in [5.74, 6) is -1.19. The molecule has 2 aromatic carbocycles. The lowest BCUT2D eigenvalue weighted by atomic mass is 9.81. The van der Waals surface area contributed by atoms with Crippen LogP contribution < -0.4 is 21.1 Å². The molecule has 2 aliphatic heterocycles. The number of aryl methyl sites for hydroxylation is 1. The number of nitrogens with one attached hydrogen (secondary N) is 3. The number of methoxy groups -OCH3 is 1. The van der Waals surface area contributed by atoms with Gasteiger partial charge in [0.25, 0.3) is 0 Å². The highest BCUT2D eigenvalue weighted by atomic mass is 32.1. The molecule has 14 nitrogen and oxygen atoms in total. The van der Waals surface area contributed by atoms with Crippen molar-refractivity contribution in [3.63, 3.8) is 0 Å². The largest absolute Gasteiger partial charge is 0.496 e. The van der Waals surface area contributed by atoms with Crippen molar-refractivity contribution in [3.05, 3.63) is 122 Å². The van der Waals surface area contributed by atoms with Crippen molar-refractivity contribution in [2.75, 3.05) is 38.8 Å². The van der Waals surface area contributed by atoms with E-state index in [0.717, 1.165) is 39.8 Å². The lowest BCUT2D eigenvalue weighted by Crippen LogP contribution is -2.54. The average Bonchev–Trinajstić information content (AvgIpc) is 3.98. The van der Waals surface area contributed by atoms with E-state index in [0.29, 0.717) is 40.5 Å². The standard InChI is InChI=1S/C44H47FN6O8S/c1-6-57-41(52)36-35(33-22-25-18-19-46-39(38(25)60-33)48-29-17-15-28-27(29)8-7-9-32(28)55-5)34(40-49-50-42(53)58-40)30(16-12-24-10-13-26(45)14-11-24)47-37(36)31-23-56-21-20-51(31)43(54)59-44(2,3)4/h7-11,13-14,18-19,22,29,31,35,47H,6,12,15-17,20-21,23H2,1-5H3,(H,46,48)(H,50,53)/t29-,31-,35?/m1/s1. The number of hydrogen-bond acceptors (Lipinski definition) is 13. The van der Waals surface area contributed by atoms with Crippen LogP contribution in [0.4, 0.5) is 15.0 Å². The van der Waals surface area contributed by atoms with E-state index in [1.807, 2.05) is 24.3 Å². The summed E-state index contributed by atoms with van der Waals surface area (Å²) < 4.78 is 43.9. The lowest BCUT2D eigenvalue weighted by molar-refractivity contribution is -0.139. The predicted molar refractivity (Wildman–Crippen MR) is 223 cm³/mol. The SMILES string of the molecule is CCOC(=O)C1=C([C@H]2COCCN2C(=O)OC(C)(C)C)NC(CCc2ccc(F)cc2)=C(c2n[nH]c(=O)o2)C1c1cc2ccnc(N[C@@H]3CCc4c(OC)cccc43)c2s1. The first-order valence-corrected chi connectivity index (χ1v) is 20.8. The average molecular weight is 839 g/mol. The number of fused-ring (bicyclic) bond motifs is 2. The second-order valence-corrected chi connectivity index (χ2v) is 16.9. The summed E-state index contributed by atoms with van der Waals surface area (Å²) in [7, 11) is 1.68. The molecule has 3 aromatic heterocycles. The van der Waals surface area contributed by atoms with Crippen LogP contribution in [0.5, 0.6) is 5.75 Å². The van der Waals surface area contributed by atoms with Crippen LogP contribution in [0.1, 0.15) is 80.0 Å². The smallest absolute Gasteiger partial charge is 0.434 e. The minimum atomic E-state index is -0.918. The van der Waals surface area contributed by atoms with Gasteiger partial charge in [0, 0.05) is 28.9 Å². The number of benzene rings is 2. The summed E-state index contributed by atoms with van der Waals surface area (Å²) in [6.07, 6.45) is 3.62. The van der Waals surface area contributed by atoms with Gasteiger partial charge in [0.2, 0.25) is 5.89 Å². The van der Waals surface area contributed by atoms with Gasteiger partial charge in [-0.15, -0.1) is 16.4 Å².